The minimum absolute atomic E-state index is 0.857. The van der Waals surface area contributed by atoms with Gasteiger partial charge in [-0.2, -0.15) is 0 Å². The lowest BCUT2D eigenvalue weighted by atomic mass is 10.1. The van der Waals surface area contributed by atoms with E-state index < -0.39 is 0 Å². The van der Waals surface area contributed by atoms with Crippen LogP contribution in [0.4, 0.5) is 0 Å². The summed E-state index contributed by atoms with van der Waals surface area (Å²) in [4.78, 5) is 11.9. The Bertz CT molecular complexity index is 845. The summed E-state index contributed by atoms with van der Waals surface area (Å²) in [5.74, 6) is 1.94. The third kappa shape index (κ3) is 4.65. The van der Waals surface area contributed by atoms with Crippen molar-refractivity contribution >= 4 is 16.9 Å². The van der Waals surface area contributed by atoms with E-state index in [1.54, 1.807) is 0 Å². The number of hydrogen-bond donors (Lipinski definition) is 3. The van der Waals surface area contributed by atoms with Crippen molar-refractivity contribution < 1.29 is 0 Å². The zero-order valence-corrected chi connectivity index (χ0v) is 15.6. The van der Waals surface area contributed by atoms with Crippen LogP contribution in [0.1, 0.15) is 24.2 Å². The van der Waals surface area contributed by atoms with Crippen LogP contribution in [0.5, 0.6) is 0 Å². The van der Waals surface area contributed by atoms with E-state index in [4.69, 9.17) is 0 Å². The molecular formula is C20H28N6. The van der Waals surface area contributed by atoms with Crippen molar-refractivity contribution in [3.05, 3.63) is 54.2 Å². The van der Waals surface area contributed by atoms with Crippen LogP contribution < -0.4 is 10.6 Å². The number of nitrogens with one attached hydrogen (secondary N) is 3. The summed E-state index contributed by atoms with van der Waals surface area (Å²) < 4.78 is 2.19. The van der Waals surface area contributed by atoms with Crippen LogP contribution >= 0.6 is 0 Å². The van der Waals surface area contributed by atoms with Crippen LogP contribution in [0.2, 0.25) is 0 Å². The van der Waals surface area contributed by atoms with E-state index >= 15 is 0 Å². The molecule has 0 atom stereocenters. The number of nitrogens with zero attached hydrogens (tertiary/aromatic N) is 3. The molecule has 2 aromatic heterocycles. The van der Waals surface area contributed by atoms with Gasteiger partial charge in [-0.3, -0.25) is 4.99 Å². The molecule has 0 aliphatic rings. The second-order valence-electron chi connectivity index (χ2n) is 6.41. The quantitative estimate of drug-likeness (QED) is 0.332. The summed E-state index contributed by atoms with van der Waals surface area (Å²) in [5.41, 5.74) is 2.53. The number of imidazole rings is 1. The lowest BCUT2D eigenvalue weighted by Crippen LogP contribution is -2.38. The average Bonchev–Trinajstić information content (AvgIpc) is 3.26. The number of H-pyrrole nitrogens is 1. The van der Waals surface area contributed by atoms with Crippen molar-refractivity contribution in [3.8, 4) is 0 Å². The first kappa shape index (κ1) is 18.0. The van der Waals surface area contributed by atoms with E-state index in [0.29, 0.717) is 0 Å². The van der Waals surface area contributed by atoms with Gasteiger partial charge in [0.25, 0.3) is 0 Å². The minimum Gasteiger partial charge on any atom is -0.361 e. The smallest absolute Gasteiger partial charge is 0.190 e. The maximum Gasteiger partial charge on any atom is 0.190 e. The highest BCUT2D eigenvalue weighted by Crippen LogP contribution is 2.17. The Morgan fingerprint density at radius 1 is 1.19 bits per heavy atom. The van der Waals surface area contributed by atoms with Gasteiger partial charge in [0.2, 0.25) is 0 Å². The van der Waals surface area contributed by atoms with Crippen LogP contribution in [0, 0.1) is 6.92 Å². The summed E-state index contributed by atoms with van der Waals surface area (Å²) in [6, 6.07) is 8.41. The number of aryl methyl sites for hydroxylation is 2. The van der Waals surface area contributed by atoms with Crippen LogP contribution in [-0.2, 0) is 13.0 Å². The molecule has 3 rings (SSSR count). The monoisotopic (exact) mass is 352 g/mol. The second-order valence-corrected chi connectivity index (χ2v) is 6.41. The normalized spacial score (nSPS) is 11.8. The SMILES string of the molecule is CN=C(NCCCCn1ccnc1C)NCCc1c[nH]c2ccccc12. The van der Waals surface area contributed by atoms with Gasteiger partial charge >= 0.3 is 0 Å². The summed E-state index contributed by atoms with van der Waals surface area (Å²) in [5, 5.41) is 8.08. The molecule has 0 radical (unpaired) electrons. The highest BCUT2D eigenvalue weighted by atomic mass is 15.2. The molecule has 0 aliphatic carbocycles. The van der Waals surface area contributed by atoms with E-state index in [-0.39, 0.29) is 0 Å². The summed E-state index contributed by atoms with van der Waals surface area (Å²) in [7, 11) is 1.82. The predicted octanol–water partition coefficient (Wildman–Crippen LogP) is 2.86. The summed E-state index contributed by atoms with van der Waals surface area (Å²) in [6.07, 6.45) is 9.17. The molecule has 6 heteroatoms. The first-order valence-corrected chi connectivity index (χ1v) is 9.25. The van der Waals surface area contributed by atoms with Gasteiger partial charge in [0, 0.05) is 56.2 Å². The Morgan fingerprint density at radius 3 is 2.85 bits per heavy atom. The Labute approximate surface area is 154 Å². The van der Waals surface area contributed by atoms with Gasteiger partial charge in [0.1, 0.15) is 5.82 Å². The van der Waals surface area contributed by atoms with Crippen molar-refractivity contribution in [2.24, 2.45) is 4.99 Å². The molecule has 2 heterocycles. The third-order valence-corrected chi connectivity index (χ3v) is 4.63. The molecule has 6 nitrogen and oxygen atoms in total. The van der Waals surface area contributed by atoms with E-state index in [1.807, 2.05) is 26.4 Å². The fraction of sp³-hybridized carbons (Fsp3) is 0.400. The van der Waals surface area contributed by atoms with Crippen molar-refractivity contribution in [2.75, 3.05) is 20.1 Å². The highest BCUT2D eigenvalue weighted by Gasteiger charge is 2.03. The van der Waals surface area contributed by atoms with Gasteiger partial charge in [0.15, 0.2) is 5.96 Å². The largest absolute Gasteiger partial charge is 0.361 e. The van der Waals surface area contributed by atoms with Crippen LogP contribution in [0.15, 0.2) is 47.8 Å². The number of rotatable bonds is 8. The molecule has 0 aliphatic heterocycles. The van der Waals surface area contributed by atoms with Crippen molar-refractivity contribution in [3.63, 3.8) is 0 Å². The molecule has 3 aromatic rings. The van der Waals surface area contributed by atoms with E-state index in [1.165, 1.54) is 16.5 Å². The fourth-order valence-electron chi connectivity index (χ4n) is 3.13. The topological polar surface area (TPSA) is 70.0 Å². The number of aromatic amines is 1. The summed E-state index contributed by atoms with van der Waals surface area (Å²) in [6.45, 7) is 4.83. The first-order chi connectivity index (χ1) is 12.8. The lowest BCUT2D eigenvalue weighted by Gasteiger charge is -2.12. The molecule has 0 saturated heterocycles. The van der Waals surface area contributed by atoms with E-state index in [0.717, 1.165) is 50.7 Å². The van der Waals surface area contributed by atoms with Crippen molar-refractivity contribution in [2.45, 2.75) is 32.7 Å². The van der Waals surface area contributed by atoms with Gasteiger partial charge < -0.3 is 20.2 Å². The Morgan fingerprint density at radius 2 is 2.04 bits per heavy atom. The maximum absolute atomic E-state index is 4.30. The predicted molar refractivity (Wildman–Crippen MR) is 108 cm³/mol. The Hall–Kier alpha value is -2.76. The molecular weight excluding hydrogens is 324 g/mol. The van der Waals surface area contributed by atoms with Gasteiger partial charge in [-0.1, -0.05) is 18.2 Å². The first-order valence-electron chi connectivity index (χ1n) is 9.25. The lowest BCUT2D eigenvalue weighted by molar-refractivity contribution is 0.588. The fourth-order valence-corrected chi connectivity index (χ4v) is 3.13. The maximum atomic E-state index is 4.30. The molecule has 0 amide bonds. The number of para-hydroxylation sites is 1. The zero-order valence-electron chi connectivity index (χ0n) is 15.6. The van der Waals surface area contributed by atoms with Crippen LogP contribution in [0.3, 0.4) is 0 Å². The number of aromatic nitrogens is 3. The third-order valence-electron chi connectivity index (χ3n) is 4.63. The van der Waals surface area contributed by atoms with Gasteiger partial charge in [-0.05, 0) is 37.8 Å². The molecule has 3 N–H and O–H groups in total. The average molecular weight is 352 g/mol. The van der Waals surface area contributed by atoms with Crippen molar-refractivity contribution in [1.82, 2.24) is 25.2 Å². The van der Waals surface area contributed by atoms with Crippen LogP contribution in [-0.4, -0.2) is 40.6 Å². The molecule has 26 heavy (non-hydrogen) atoms. The molecule has 138 valence electrons. The van der Waals surface area contributed by atoms with Crippen molar-refractivity contribution in [1.29, 1.82) is 0 Å². The highest BCUT2D eigenvalue weighted by molar-refractivity contribution is 5.83. The number of fused-ring (bicyclic) bond motifs is 1. The minimum atomic E-state index is 0.857. The molecule has 0 fully saturated rings. The molecule has 0 bridgehead atoms. The zero-order chi connectivity index (χ0) is 18.2. The molecule has 1 aromatic carbocycles. The second kappa shape index (κ2) is 9.08. The standard InChI is InChI=1S/C20H28N6/c1-16-22-12-14-26(16)13-6-5-10-23-20(21-2)24-11-9-17-15-25-19-8-4-3-7-18(17)19/h3-4,7-8,12,14-15,25H,5-6,9-11,13H2,1-2H3,(H2,21,23,24). The molecule has 0 spiro atoms. The van der Waals surface area contributed by atoms with E-state index in [9.17, 15) is 0 Å². The van der Waals surface area contributed by atoms with Crippen LogP contribution in [0.25, 0.3) is 10.9 Å². The van der Waals surface area contributed by atoms with Gasteiger partial charge in [-0.15, -0.1) is 0 Å². The molecule has 0 unspecified atom stereocenters. The summed E-state index contributed by atoms with van der Waals surface area (Å²) >= 11 is 0. The Balaban J connectivity index is 1.35. The number of hydrogen-bond acceptors (Lipinski definition) is 2. The van der Waals surface area contributed by atoms with E-state index in [2.05, 4.69) is 60.6 Å². The van der Waals surface area contributed by atoms with Gasteiger partial charge in [-0.25, -0.2) is 4.98 Å². The number of guanidine groups is 1. The molecule has 0 saturated carbocycles. The Kier molecular flexibility index (Phi) is 6.30. The number of aliphatic imine (C=N–C) groups is 1. The number of benzene rings is 1. The number of unbranched alkanes of at least 4 members (excludes halogenated alkanes) is 1. The van der Waals surface area contributed by atoms with Gasteiger partial charge in [0.05, 0.1) is 0 Å².